The van der Waals surface area contributed by atoms with Crippen LogP contribution in [0.5, 0.6) is 5.75 Å². The van der Waals surface area contributed by atoms with E-state index in [-0.39, 0.29) is 5.56 Å². The van der Waals surface area contributed by atoms with Crippen LogP contribution < -0.4 is 10.3 Å². The molecule has 7 heteroatoms. The first-order chi connectivity index (χ1) is 13.2. The van der Waals surface area contributed by atoms with Crippen LogP contribution in [0.3, 0.4) is 0 Å². The molecule has 1 aliphatic heterocycles. The van der Waals surface area contributed by atoms with Crippen molar-refractivity contribution in [2.45, 2.75) is 19.5 Å². The summed E-state index contributed by atoms with van der Waals surface area (Å²) >= 11 is 6.43. The predicted molar refractivity (Wildman–Crippen MR) is 104 cm³/mol. The fourth-order valence-corrected chi connectivity index (χ4v) is 3.59. The van der Waals surface area contributed by atoms with E-state index in [1.54, 1.807) is 13.3 Å². The smallest absolute Gasteiger partial charge is 0.254 e. The molecule has 1 aromatic carbocycles. The SMILES string of the molecule is COc1cccc(CN2CCc3c(nc(-c4ccccn4)[nH]c3=O)C2)c1Cl. The first-order valence-corrected chi connectivity index (χ1v) is 9.10. The van der Waals surface area contributed by atoms with Crippen LogP contribution in [0, 0.1) is 0 Å². The van der Waals surface area contributed by atoms with E-state index in [0.29, 0.717) is 41.8 Å². The first kappa shape index (κ1) is 17.7. The number of methoxy groups -OCH3 is 1. The lowest BCUT2D eigenvalue weighted by molar-refractivity contribution is 0.240. The summed E-state index contributed by atoms with van der Waals surface area (Å²) in [5, 5.41) is 0.624. The summed E-state index contributed by atoms with van der Waals surface area (Å²) in [4.78, 5) is 26.5. The number of aromatic amines is 1. The second-order valence-electron chi connectivity index (χ2n) is 6.45. The Bertz CT molecular complexity index is 1020. The highest BCUT2D eigenvalue weighted by Gasteiger charge is 2.22. The molecule has 0 saturated heterocycles. The number of H-pyrrole nitrogens is 1. The van der Waals surface area contributed by atoms with Crippen molar-refractivity contribution in [1.29, 1.82) is 0 Å². The van der Waals surface area contributed by atoms with Crippen LogP contribution in [-0.4, -0.2) is 33.5 Å². The van der Waals surface area contributed by atoms with Crippen molar-refractivity contribution in [3.05, 3.63) is 74.8 Å². The minimum Gasteiger partial charge on any atom is -0.495 e. The van der Waals surface area contributed by atoms with Crippen LogP contribution in [0.25, 0.3) is 11.5 Å². The molecular weight excluding hydrogens is 364 g/mol. The Morgan fingerprint density at radius 1 is 1.26 bits per heavy atom. The molecule has 0 aliphatic carbocycles. The fourth-order valence-electron chi connectivity index (χ4n) is 3.33. The third-order valence-electron chi connectivity index (χ3n) is 4.72. The lowest BCUT2D eigenvalue weighted by Gasteiger charge is -2.28. The van der Waals surface area contributed by atoms with E-state index in [0.717, 1.165) is 23.4 Å². The van der Waals surface area contributed by atoms with E-state index in [9.17, 15) is 4.79 Å². The molecule has 0 radical (unpaired) electrons. The highest BCUT2D eigenvalue weighted by molar-refractivity contribution is 6.32. The van der Waals surface area contributed by atoms with Gasteiger partial charge in [-0.05, 0) is 30.2 Å². The maximum atomic E-state index is 12.5. The Hall–Kier alpha value is -2.70. The number of pyridine rings is 1. The molecule has 1 N–H and O–H groups in total. The van der Waals surface area contributed by atoms with Crippen molar-refractivity contribution >= 4 is 11.6 Å². The Morgan fingerprint density at radius 3 is 2.93 bits per heavy atom. The number of ether oxygens (including phenoxy) is 1. The first-order valence-electron chi connectivity index (χ1n) is 8.73. The van der Waals surface area contributed by atoms with Gasteiger partial charge in [-0.3, -0.25) is 14.7 Å². The molecule has 6 nitrogen and oxygen atoms in total. The molecule has 27 heavy (non-hydrogen) atoms. The van der Waals surface area contributed by atoms with Crippen LogP contribution >= 0.6 is 11.6 Å². The number of hydrogen-bond acceptors (Lipinski definition) is 5. The summed E-state index contributed by atoms with van der Waals surface area (Å²) in [6.45, 7) is 2.03. The van der Waals surface area contributed by atoms with E-state index in [1.165, 1.54) is 0 Å². The van der Waals surface area contributed by atoms with Gasteiger partial charge in [-0.25, -0.2) is 4.98 Å². The molecule has 138 valence electrons. The molecule has 4 rings (SSSR count). The Balaban J connectivity index is 1.61. The van der Waals surface area contributed by atoms with Crippen LogP contribution in [0.1, 0.15) is 16.8 Å². The molecule has 1 aliphatic rings. The molecule has 0 unspecified atom stereocenters. The molecule has 0 bridgehead atoms. The quantitative estimate of drug-likeness (QED) is 0.750. The zero-order valence-electron chi connectivity index (χ0n) is 14.9. The molecule has 0 spiro atoms. The molecule has 0 fully saturated rings. The molecule has 3 heterocycles. The van der Waals surface area contributed by atoms with Crippen molar-refractivity contribution in [3.63, 3.8) is 0 Å². The molecule has 0 saturated carbocycles. The van der Waals surface area contributed by atoms with Gasteiger partial charge in [0.2, 0.25) is 0 Å². The van der Waals surface area contributed by atoms with Gasteiger partial charge in [0.15, 0.2) is 5.82 Å². The third-order valence-corrected chi connectivity index (χ3v) is 5.15. The van der Waals surface area contributed by atoms with Crippen molar-refractivity contribution in [3.8, 4) is 17.3 Å². The number of nitrogens with zero attached hydrogens (tertiary/aromatic N) is 3. The van der Waals surface area contributed by atoms with Crippen LogP contribution in [-0.2, 0) is 19.5 Å². The minimum absolute atomic E-state index is 0.0836. The zero-order valence-corrected chi connectivity index (χ0v) is 15.7. The molecule has 0 amide bonds. The standard InChI is InChI=1S/C20H19ClN4O2/c1-27-17-7-4-5-13(18(17)21)11-25-10-8-14-16(12-25)23-19(24-20(14)26)15-6-2-3-9-22-15/h2-7,9H,8,10-12H2,1H3,(H,23,24,26). The van der Waals surface area contributed by atoms with Gasteiger partial charge in [0.1, 0.15) is 11.4 Å². The van der Waals surface area contributed by atoms with Crippen molar-refractivity contribution in [1.82, 2.24) is 19.9 Å². The predicted octanol–water partition coefficient (Wildman–Crippen LogP) is 3.05. The number of nitrogens with one attached hydrogen (secondary N) is 1. The van der Waals surface area contributed by atoms with E-state index in [1.807, 2.05) is 36.4 Å². The average Bonchev–Trinajstić information content (AvgIpc) is 2.70. The summed E-state index contributed by atoms with van der Waals surface area (Å²) in [7, 11) is 1.61. The van der Waals surface area contributed by atoms with Gasteiger partial charge in [0, 0.05) is 31.4 Å². The number of fused-ring (bicyclic) bond motifs is 1. The summed E-state index contributed by atoms with van der Waals surface area (Å²) in [5.74, 6) is 1.17. The number of halogens is 1. The largest absolute Gasteiger partial charge is 0.495 e. The second-order valence-corrected chi connectivity index (χ2v) is 6.83. The number of aromatic nitrogens is 3. The Morgan fingerprint density at radius 2 is 2.15 bits per heavy atom. The van der Waals surface area contributed by atoms with E-state index in [2.05, 4.69) is 19.9 Å². The van der Waals surface area contributed by atoms with E-state index < -0.39 is 0 Å². The third kappa shape index (κ3) is 3.59. The summed E-state index contributed by atoms with van der Waals surface area (Å²) < 4.78 is 5.30. The van der Waals surface area contributed by atoms with E-state index in [4.69, 9.17) is 16.3 Å². The summed E-state index contributed by atoms with van der Waals surface area (Å²) in [6.07, 6.45) is 2.34. The van der Waals surface area contributed by atoms with Gasteiger partial charge in [0.25, 0.3) is 5.56 Å². The Kier molecular flexibility index (Phi) is 4.92. The highest BCUT2D eigenvalue weighted by atomic mass is 35.5. The molecule has 2 aromatic heterocycles. The van der Waals surface area contributed by atoms with Crippen molar-refractivity contribution in [2.75, 3.05) is 13.7 Å². The second kappa shape index (κ2) is 7.50. The van der Waals surface area contributed by atoms with Gasteiger partial charge in [0.05, 0.1) is 17.8 Å². The van der Waals surface area contributed by atoms with Crippen molar-refractivity contribution < 1.29 is 4.74 Å². The maximum Gasteiger partial charge on any atom is 0.254 e. The normalized spacial score (nSPS) is 14.0. The zero-order chi connectivity index (χ0) is 18.8. The molecule has 3 aromatic rings. The van der Waals surface area contributed by atoms with Gasteiger partial charge < -0.3 is 9.72 Å². The lowest BCUT2D eigenvalue weighted by atomic mass is 10.1. The van der Waals surface area contributed by atoms with Crippen LogP contribution in [0.15, 0.2) is 47.4 Å². The number of benzene rings is 1. The average molecular weight is 383 g/mol. The highest BCUT2D eigenvalue weighted by Crippen LogP contribution is 2.29. The maximum absolute atomic E-state index is 12.5. The summed E-state index contributed by atoms with van der Waals surface area (Å²) in [6, 6.07) is 11.3. The van der Waals surface area contributed by atoms with Crippen LogP contribution in [0.4, 0.5) is 0 Å². The van der Waals surface area contributed by atoms with E-state index >= 15 is 0 Å². The topological polar surface area (TPSA) is 71.1 Å². The van der Waals surface area contributed by atoms with Crippen LogP contribution in [0.2, 0.25) is 5.02 Å². The lowest BCUT2D eigenvalue weighted by Crippen LogP contribution is -2.35. The summed E-state index contributed by atoms with van der Waals surface area (Å²) in [5.41, 5.74) is 3.12. The van der Waals surface area contributed by atoms with Gasteiger partial charge in [-0.15, -0.1) is 0 Å². The van der Waals surface area contributed by atoms with Crippen molar-refractivity contribution in [2.24, 2.45) is 0 Å². The molecule has 0 atom stereocenters. The fraction of sp³-hybridized carbons (Fsp3) is 0.250. The minimum atomic E-state index is -0.0836. The Labute approximate surface area is 161 Å². The number of hydrogen-bond donors (Lipinski definition) is 1. The van der Waals surface area contributed by atoms with Gasteiger partial charge >= 0.3 is 0 Å². The number of rotatable bonds is 4. The molecular formula is C20H19ClN4O2. The van der Waals surface area contributed by atoms with Gasteiger partial charge in [-0.2, -0.15) is 0 Å². The monoisotopic (exact) mass is 382 g/mol. The van der Waals surface area contributed by atoms with Gasteiger partial charge in [-0.1, -0.05) is 29.8 Å².